The van der Waals surface area contributed by atoms with Crippen LogP contribution in [0.4, 0.5) is 0 Å². The van der Waals surface area contributed by atoms with Crippen molar-refractivity contribution in [2.75, 3.05) is 32.8 Å². The van der Waals surface area contributed by atoms with Crippen molar-refractivity contribution in [1.29, 1.82) is 0 Å². The number of aromatic amines is 1. The molecule has 2 saturated heterocycles. The van der Waals surface area contributed by atoms with Crippen molar-refractivity contribution in [3.05, 3.63) is 53.3 Å². The monoisotopic (exact) mass is 340 g/mol. The number of likely N-dealkylation sites (tertiary alicyclic amines) is 1. The molecule has 0 bridgehead atoms. The standard InChI is InChI=1S/C20H28N4O/c1-2-7-24(20(6-1)19-13-21-22-14-19)16-18-5-3-4-17(12-18)15-23-8-10-25-11-9-23/h3-5,12-14,20H,1-2,6-11,15-16H2,(H,21,22)/t20-/m1/s1. The highest BCUT2D eigenvalue weighted by atomic mass is 16.5. The number of hydrogen-bond donors (Lipinski definition) is 1. The van der Waals surface area contributed by atoms with E-state index in [2.05, 4.69) is 50.5 Å². The van der Waals surface area contributed by atoms with Gasteiger partial charge in [0.1, 0.15) is 0 Å². The summed E-state index contributed by atoms with van der Waals surface area (Å²) in [5, 5.41) is 7.12. The largest absolute Gasteiger partial charge is 0.379 e. The van der Waals surface area contributed by atoms with Crippen LogP contribution >= 0.6 is 0 Å². The molecule has 3 heterocycles. The normalized spacial score (nSPS) is 23.0. The van der Waals surface area contributed by atoms with Crippen molar-refractivity contribution in [2.45, 2.75) is 38.4 Å². The minimum Gasteiger partial charge on any atom is -0.379 e. The van der Waals surface area contributed by atoms with Gasteiger partial charge < -0.3 is 4.74 Å². The molecule has 1 N–H and O–H groups in total. The van der Waals surface area contributed by atoms with Crippen LogP contribution in [0.5, 0.6) is 0 Å². The Kier molecular flexibility index (Phi) is 5.45. The van der Waals surface area contributed by atoms with Crippen LogP contribution in [-0.4, -0.2) is 52.8 Å². The van der Waals surface area contributed by atoms with Crippen molar-refractivity contribution < 1.29 is 4.74 Å². The first kappa shape index (κ1) is 16.8. The van der Waals surface area contributed by atoms with Gasteiger partial charge in [0, 0.05) is 44.0 Å². The molecule has 0 unspecified atom stereocenters. The van der Waals surface area contributed by atoms with Crippen LogP contribution in [0.1, 0.15) is 42.0 Å². The van der Waals surface area contributed by atoms with Crippen LogP contribution in [-0.2, 0) is 17.8 Å². The van der Waals surface area contributed by atoms with E-state index >= 15 is 0 Å². The summed E-state index contributed by atoms with van der Waals surface area (Å²) in [6.45, 7) is 7.02. The van der Waals surface area contributed by atoms with Crippen LogP contribution < -0.4 is 0 Å². The molecule has 0 amide bonds. The van der Waals surface area contributed by atoms with Crippen molar-refractivity contribution >= 4 is 0 Å². The lowest BCUT2D eigenvalue weighted by atomic mass is 9.96. The Bertz CT molecular complexity index is 651. The Morgan fingerprint density at radius 3 is 2.72 bits per heavy atom. The third-order valence-electron chi connectivity index (χ3n) is 5.40. The summed E-state index contributed by atoms with van der Waals surface area (Å²) in [6, 6.07) is 9.61. The fourth-order valence-corrected chi connectivity index (χ4v) is 4.08. The maximum atomic E-state index is 5.45. The molecule has 1 aromatic heterocycles. The number of aromatic nitrogens is 2. The average molecular weight is 340 g/mol. The second-order valence-electron chi connectivity index (χ2n) is 7.22. The van der Waals surface area contributed by atoms with Gasteiger partial charge in [0.2, 0.25) is 0 Å². The highest BCUT2D eigenvalue weighted by Crippen LogP contribution is 2.31. The number of benzene rings is 1. The molecular formula is C20H28N4O. The Morgan fingerprint density at radius 2 is 1.92 bits per heavy atom. The minimum absolute atomic E-state index is 0.496. The second-order valence-corrected chi connectivity index (χ2v) is 7.22. The number of piperidine rings is 1. The lowest BCUT2D eigenvalue weighted by Gasteiger charge is -2.35. The minimum atomic E-state index is 0.496. The van der Waals surface area contributed by atoms with Gasteiger partial charge in [0.15, 0.2) is 0 Å². The lowest BCUT2D eigenvalue weighted by Crippen LogP contribution is -2.35. The molecule has 0 saturated carbocycles. The number of rotatable bonds is 5. The van der Waals surface area contributed by atoms with Gasteiger partial charge in [-0.3, -0.25) is 14.9 Å². The van der Waals surface area contributed by atoms with Gasteiger partial charge in [-0.05, 0) is 30.5 Å². The van der Waals surface area contributed by atoms with E-state index in [4.69, 9.17) is 4.74 Å². The smallest absolute Gasteiger partial charge is 0.0594 e. The quantitative estimate of drug-likeness (QED) is 0.909. The zero-order valence-corrected chi connectivity index (χ0v) is 14.9. The molecule has 25 heavy (non-hydrogen) atoms. The molecule has 5 heteroatoms. The molecular weight excluding hydrogens is 312 g/mol. The zero-order chi connectivity index (χ0) is 16.9. The number of hydrogen-bond acceptors (Lipinski definition) is 4. The number of morpholine rings is 1. The fourth-order valence-electron chi connectivity index (χ4n) is 4.08. The number of nitrogens with zero attached hydrogens (tertiary/aromatic N) is 3. The van der Waals surface area contributed by atoms with Gasteiger partial charge >= 0.3 is 0 Å². The van der Waals surface area contributed by atoms with Crippen LogP contribution in [0.15, 0.2) is 36.7 Å². The molecule has 1 aromatic carbocycles. The molecule has 2 aliphatic heterocycles. The molecule has 134 valence electrons. The molecule has 0 aliphatic carbocycles. The summed E-state index contributed by atoms with van der Waals surface area (Å²) in [4.78, 5) is 5.10. The molecule has 1 atom stereocenters. The first-order valence-electron chi connectivity index (χ1n) is 9.49. The maximum absolute atomic E-state index is 5.45. The zero-order valence-electron chi connectivity index (χ0n) is 14.9. The Balaban J connectivity index is 1.43. The van der Waals surface area contributed by atoms with E-state index in [1.54, 1.807) is 0 Å². The molecule has 0 radical (unpaired) electrons. The number of nitrogens with one attached hydrogen (secondary N) is 1. The van der Waals surface area contributed by atoms with Crippen LogP contribution in [0.25, 0.3) is 0 Å². The Hall–Kier alpha value is -1.69. The van der Waals surface area contributed by atoms with E-state index in [9.17, 15) is 0 Å². The van der Waals surface area contributed by atoms with Gasteiger partial charge in [-0.1, -0.05) is 30.7 Å². The van der Waals surface area contributed by atoms with Crippen LogP contribution in [0, 0.1) is 0 Å². The molecule has 2 aliphatic rings. The summed E-state index contributed by atoms with van der Waals surface area (Å²) < 4.78 is 5.45. The van der Waals surface area contributed by atoms with Crippen molar-refractivity contribution in [1.82, 2.24) is 20.0 Å². The van der Waals surface area contributed by atoms with Crippen LogP contribution in [0.3, 0.4) is 0 Å². The fraction of sp³-hybridized carbons (Fsp3) is 0.550. The third-order valence-corrected chi connectivity index (χ3v) is 5.40. The van der Waals surface area contributed by atoms with E-state index in [1.807, 2.05) is 6.20 Å². The van der Waals surface area contributed by atoms with E-state index < -0.39 is 0 Å². The Labute approximate surface area is 150 Å². The highest BCUT2D eigenvalue weighted by Gasteiger charge is 2.24. The van der Waals surface area contributed by atoms with Gasteiger partial charge in [-0.25, -0.2) is 0 Å². The molecule has 2 fully saturated rings. The predicted octanol–water partition coefficient (Wildman–Crippen LogP) is 2.97. The maximum Gasteiger partial charge on any atom is 0.0594 e. The van der Waals surface area contributed by atoms with Crippen molar-refractivity contribution in [3.8, 4) is 0 Å². The van der Waals surface area contributed by atoms with Crippen molar-refractivity contribution in [3.63, 3.8) is 0 Å². The van der Waals surface area contributed by atoms with Gasteiger partial charge in [0.05, 0.1) is 19.4 Å². The van der Waals surface area contributed by atoms with Gasteiger partial charge in [-0.2, -0.15) is 5.10 Å². The summed E-state index contributed by atoms with van der Waals surface area (Å²) >= 11 is 0. The number of H-pyrrole nitrogens is 1. The molecule has 5 nitrogen and oxygen atoms in total. The first-order chi connectivity index (χ1) is 12.4. The van der Waals surface area contributed by atoms with E-state index in [0.29, 0.717) is 6.04 Å². The lowest BCUT2D eigenvalue weighted by molar-refractivity contribution is 0.0341. The van der Waals surface area contributed by atoms with Gasteiger partial charge in [-0.15, -0.1) is 0 Å². The molecule has 4 rings (SSSR count). The molecule has 2 aromatic rings. The average Bonchev–Trinajstić information content (AvgIpc) is 3.18. The van der Waals surface area contributed by atoms with Gasteiger partial charge in [0.25, 0.3) is 0 Å². The summed E-state index contributed by atoms with van der Waals surface area (Å²) in [7, 11) is 0. The first-order valence-corrected chi connectivity index (χ1v) is 9.49. The predicted molar refractivity (Wildman–Crippen MR) is 98.1 cm³/mol. The second kappa shape index (κ2) is 8.13. The third kappa shape index (κ3) is 4.29. The van der Waals surface area contributed by atoms with Crippen molar-refractivity contribution in [2.24, 2.45) is 0 Å². The summed E-state index contributed by atoms with van der Waals surface area (Å²) in [6.07, 6.45) is 7.87. The summed E-state index contributed by atoms with van der Waals surface area (Å²) in [5.41, 5.74) is 4.15. The highest BCUT2D eigenvalue weighted by molar-refractivity contribution is 5.24. The van der Waals surface area contributed by atoms with E-state index in [0.717, 1.165) is 39.4 Å². The number of ether oxygens (including phenoxy) is 1. The van der Waals surface area contributed by atoms with Crippen LogP contribution in [0.2, 0.25) is 0 Å². The molecule has 0 spiro atoms. The van der Waals surface area contributed by atoms with E-state index in [-0.39, 0.29) is 0 Å². The summed E-state index contributed by atoms with van der Waals surface area (Å²) in [5.74, 6) is 0. The SMILES string of the molecule is c1cc(CN2CCOCC2)cc(CN2CCCC[C@@H]2c2cn[nH]c2)c1. The Morgan fingerprint density at radius 1 is 1.08 bits per heavy atom. The topological polar surface area (TPSA) is 44.4 Å². The van der Waals surface area contributed by atoms with E-state index in [1.165, 1.54) is 42.5 Å².